The summed E-state index contributed by atoms with van der Waals surface area (Å²) in [7, 11) is 0. The quantitative estimate of drug-likeness (QED) is 0.164. The maximum absolute atomic E-state index is 6.95. The summed E-state index contributed by atoms with van der Waals surface area (Å²) in [4.78, 5) is 7.99. The molecule has 2 atom stereocenters. The van der Waals surface area contributed by atoms with Crippen molar-refractivity contribution in [3.8, 4) is 11.1 Å². The maximum Gasteiger partial charge on any atom is 0.252 e. The number of anilines is 8. The molecule has 5 heteroatoms. The zero-order valence-corrected chi connectivity index (χ0v) is 45.7. The molecule has 8 aromatic carbocycles. The maximum atomic E-state index is 6.95. The van der Waals surface area contributed by atoms with Crippen LogP contribution >= 0.6 is 0 Å². The molecule has 4 aliphatic rings. The number of rotatable bonds is 4. The van der Waals surface area contributed by atoms with Gasteiger partial charge in [-0.2, -0.15) is 0 Å². The number of para-hydroxylation sites is 2. The van der Waals surface area contributed by atoms with E-state index in [1.165, 1.54) is 114 Å². The van der Waals surface area contributed by atoms with Gasteiger partial charge < -0.3 is 19.1 Å². The van der Waals surface area contributed by atoms with Crippen LogP contribution in [0.25, 0.3) is 33.1 Å². The smallest absolute Gasteiger partial charge is 0.252 e. The van der Waals surface area contributed by atoms with Crippen molar-refractivity contribution in [3.63, 3.8) is 0 Å². The monoisotopic (exact) mass is 968 g/mol. The van der Waals surface area contributed by atoms with Crippen LogP contribution in [0.5, 0.6) is 0 Å². The van der Waals surface area contributed by atoms with Crippen molar-refractivity contribution in [1.82, 2.24) is 0 Å². The van der Waals surface area contributed by atoms with Crippen LogP contribution in [-0.4, -0.2) is 12.3 Å². The predicted molar refractivity (Wildman–Crippen MR) is 317 cm³/mol. The molecule has 0 radical (unpaired) electrons. The Morgan fingerprint density at radius 2 is 1.07 bits per heavy atom. The van der Waals surface area contributed by atoms with Gasteiger partial charge in [0.15, 0.2) is 5.58 Å². The first-order chi connectivity index (χ1) is 35.2. The Labute approximate surface area is 440 Å². The van der Waals surface area contributed by atoms with Crippen molar-refractivity contribution < 1.29 is 4.42 Å². The van der Waals surface area contributed by atoms with Crippen molar-refractivity contribution in [1.29, 1.82) is 0 Å². The molecule has 4 heterocycles. The summed E-state index contributed by atoms with van der Waals surface area (Å²) in [5.41, 5.74) is 24.4. The summed E-state index contributed by atoms with van der Waals surface area (Å²) in [6, 6.07) is 60.8. The molecule has 9 aromatic rings. The van der Waals surface area contributed by atoms with E-state index in [1.54, 1.807) is 0 Å². The van der Waals surface area contributed by atoms with Gasteiger partial charge in [-0.05, 0) is 153 Å². The zero-order chi connectivity index (χ0) is 51.4. The lowest BCUT2D eigenvalue weighted by Gasteiger charge is -2.50. The number of aryl methyl sites for hydroxylation is 1. The topological polar surface area (TPSA) is 22.9 Å². The van der Waals surface area contributed by atoms with Gasteiger partial charge in [0, 0.05) is 55.9 Å². The molecule has 0 bridgehead atoms. The van der Waals surface area contributed by atoms with Gasteiger partial charge in [-0.1, -0.05) is 179 Å². The number of fused-ring (bicyclic) bond motifs is 10. The van der Waals surface area contributed by atoms with Crippen molar-refractivity contribution in [2.45, 2.75) is 136 Å². The standard InChI is InChI=1S/C69H70BN3O/c1-43-37-60-63-61(38-43)72(57-25-20-24-50-49-23-16-17-26-62(49)74-64(50)57)58-41-47(67(8,9)10)27-31-53(58)70(63)54-32-30-48(73-56-34-29-46(66(5,6)7)40-52(56)68(11)35-18-19-36-69(68,73)12)42-59(54)71(60)55-33-28-45(65(2,3)4)39-51(55)44-21-14-13-15-22-44/h13-17,20-34,37-42H,18-19,35-36H2,1-12H3. The summed E-state index contributed by atoms with van der Waals surface area (Å²) in [6.07, 6.45) is 4.80. The van der Waals surface area contributed by atoms with Crippen LogP contribution in [0, 0.1) is 6.92 Å². The normalized spacial score (nSPS) is 19.1. The van der Waals surface area contributed by atoms with Gasteiger partial charge in [-0.25, -0.2) is 0 Å². The van der Waals surface area contributed by atoms with Gasteiger partial charge in [0.2, 0.25) is 0 Å². The van der Waals surface area contributed by atoms with E-state index in [-0.39, 0.29) is 33.9 Å². The third-order valence-electron chi connectivity index (χ3n) is 18.1. The van der Waals surface area contributed by atoms with E-state index >= 15 is 0 Å². The molecule has 2 unspecified atom stereocenters. The van der Waals surface area contributed by atoms with Crippen molar-refractivity contribution in [2.24, 2.45) is 0 Å². The zero-order valence-electron chi connectivity index (χ0n) is 45.7. The van der Waals surface area contributed by atoms with Gasteiger partial charge in [-0.15, -0.1) is 0 Å². The van der Waals surface area contributed by atoms with Crippen LogP contribution in [0.15, 0.2) is 162 Å². The molecule has 3 aliphatic heterocycles. The van der Waals surface area contributed by atoms with Crippen LogP contribution in [0.3, 0.4) is 0 Å². The molecule has 1 fully saturated rings. The molecule has 0 spiro atoms. The fraction of sp³-hybridized carbons (Fsp3) is 0.304. The first-order valence-corrected chi connectivity index (χ1v) is 27.3. The van der Waals surface area contributed by atoms with Gasteiger partial charge in [0.25, 0.3) is 6.71 Å². The average Bonchev–Trinajstić information content (AvgIpc) is 3.90. The van der Waals surface area contributed by atoms with Crippen molar-refractivity contribution in [3.05, 3.63) is 186 Å². The minimum absolute atomic E-state index is 0.00145. The highest BCUT2D eigenvalue weighted by Gasteiger charge is 2.58. The number of furan rings is 1. The summed E-state index contributed by atoms with van der Waals surface area (Å²) in [6.45, 7) is 28.5. The lowest BCUT2D eigenvalue weighted by molar-refractivity contribution is 0.195. The minimum Gasteiger partial charge on any atom is -0.454 e. The predicted octanol–water partition coefficient (Wildman–Crippen LogP) is 17.3. The fourth-order valence-corrected chi connectivity index (χ4v) is 13.8. The largest absolute Gasteiger partial charge is 0.454 e. The van der Waals surface area contributed by atoms with E-state index in [4.69, 9.17) is 4.42 Å². The highest BCUT2D eigenvalue weighted by molar-refractivity contribution is 7.00. The van der Waals surface area contributed by atoms with E-state index in [9.17, 15) is 0 Å². The third-order valence-corrected chi connectivity index (χ3v) is 18.1. The number of hydrogen-bond acceptors (Lipinski definition) is 4. The lowest BCUT2D eigenvalue weighted by Crippen LogP contribution is -2.61. The first-order valence-electron chi connectivity index (χ1n) is 27.3. The molecule has 1 aromatic heterocycles. The van der Waals surface area contributed by atoms with Gasteiger partial charge in [0.1, 0.15) is 5.58 Å². The van der Waals surface area contributed by atoms with Crippen LogP contribution in [-0.2, 0) is 21.7 Å². The molecule has 4 nitrogen and oxygen atoms in total. The second-order valence-corrected chi connectivity index (χ2v) is 25.8. The summed E-state index contributed by atoms with van der Waals surface area (Å²) >= 11 is 0. The first kappa shape index (κ1) is 46.8. The van der Waals surface area contributed by atoms with Gasteiger partial charge in [-0.3, -0.25) is 0 Å². The minimum atomic E-state index is -0.109. The summed E-state index contributed by atoms with van der Waals surface area (Å²) in [5, 5.41) is 2.26. The van der Waals surface area contributed by atoms with Crippen LogP contribution in [0.2, 0.25) is 0 Å². The number of hydrogen-bond donors (Lipinski definition) is 0. The van der Waals surface area contributed by atoms with Crippen LogP contribution in [0.1, 0.15) is 130 Å². The Balaban J connectivity index is 1.12. The molecule has 370 valence electrons. The Bertz CT molecular complexity index is 3770. The van der Waals surface area contributed by atoms with Crippen molar-refractivity contribution in [2.75, 3.05) is 14.7 Å². The lowest BCUT2D eigenvalue weighted by atomic mass is 9.33. The molecule has 74 heavy (non-hydrogen) atoms. The third kappa shape index (κ3) is 6.80. The number of nitrogens with zero attached hydrogens (tertiary/aromatic N) is 3. The van der Waals surface area contributed by atoms with Crippen LogP contribution in [0.4, 0.5) is 45.5 Å². The van der Waals surface area contributed by atoms with Gasteiger partial charge in [0.05, 0.1) is 16.9 Å². The summed E-state index contributed by atoms with van der Waals surface area (Å²) in [5.74, 6) is 0. The van der Waals surface area contributed by atoms with Gasteiger partial charge >= 0.3 is 0 Å². The van der Waals surface area contributed by atoms with E-state index in [0.29, 0.717) is 0 Å². The Morgan fingerprint density at radius 1 is 0.486 bits per heavy atom. The fourth-order valence-electron chi connectivity index (χ4n) is 13.8. The van der Waals surface area contributed by atoms with Crippen molar-refractivity contribution >= 4 is 90.5 Å². The van der Waals surface area contributed by atoms with Crippen LogP contribution < -0.4 is 31.1 Å². The Hall–Kier alpha value is -6.98. The van der Waals surface area contributed by atoms with E-state index in [1.807, 2.05) is 0 Å². The average molecular weight is 968 g/mol. The molecule has 0 amide bonds. The molecule has 0 N–H and O–H groups in total. The molecule has 1 saturated carbocycles. The number of benzene rings is 8. The Kier molecular flexibility index (Phi) is 10.1. The Morgan fingerprint density at radius 3 is 1.78 bits per heavy atom. The second-order valence-electron chi connectivity index (χ2n) is 25.8. The van der Waals surface area contributed by atoms with E-state index < -0.39 is 0 Å². The molecule has 13 rings (SSSR count). The molecule has 1 aliphatic carbocycles. The molecular formula is C69H70BN3O. The molecule has 0 saturated heterocycles. The summed E-state index contributed by atoms with van der Waals surface area (Å²) < 4.78 is 6.95. The second kappa shape index (κ2) is 16.0. The highest BCUT2D eigenvalue weighted by Crippen LogP contribution is 2.62. The van der Waals surface area contributed by atoms with E-state index in [2.05, 4.69) is 256 Å². The SMILES string of the molecule is Cc1cc2c3c(c1)N(c1cccc4c1oc1ccccc14)c1cc(C(C)(C)C)ccc1B3c1ccc(N3c4ccc(C(C)(C)C)cc4C4(C)CCCCC34C)cc1N2c1ccc(C(C)(C)C)cc1-c1ccccc1. The highest BCUT2D eigenvalue weighted by atomic mass is 16.3. The molecular weight excluding hydrogens is 898 g/mol. The van der Waals surface area contributed by atoms with E-state index in [0.717, 1.165) is 34.0 Å².